The van der Waals surface area contributed by atoms with Crippen molar-refractivity contribution in [3.63, 3.8) is 0 Å². The summed E-state index contributed by atoms with van der Waals surface area (Å²) in [6.07, 6.45) is 5.49. The summed E-state index contributed by atoms with van der Waals surface area (Å²) in [5, 5.41) is 2.93. The molecule has 0 aliphatic rings. The van der Waals surface area contributed by atoms with E-state index in [0.717, 1.165) is 18.5 Å². The number of imidazole rings is 1. The van der Waals surface area contributed by atoms with Gasteiger partial charge >= 0.3 is 0 Å². The molecular formula is C16H22N4O. The minimum atomic E-state index is 0.0891. The average molecular weight is 286 g/mol. The summed E-state index contributed by atoms with van der Waals surface area (Å²) in [6, 6.07) is 8.30. The van der Waals surface area contributed by atoms with E-state index in [1.54, 1.807) is 12.5 Å². The van der Waals surface area contributed by atoms with Gasteiger partial charge in [0.15, 0.2) is 0 Å². The van der Waals surface area contributed by atoms with E-state index in [0.29, 0.717) is 13.0 Å². The Morgan fingerprint density at radius 2 is 2.00 bits per heavy atom. The Morgan fingerprint density at radius 3 is 2.62 bits per heavy atom. The number of H-pyrrole nitrogens is 1. The number of rotatable bonds is 7. The predicted molar refractivity (Wildman–Crippen MR) is 84.4 cm³/mol. The molecule has 0 radical (unpaired) electrons. The van der Waals surface area contributed by atoms with Crippen molar-refractivity contribution in [3.05, 3.63) is 48.0 Å². The van der Waals surface area contributed by atoms with Gasteiger partial charge < -0.3 is 15.2 Å². The summed E-state index contributed by atoms with van der Waals surface area (Å²) in [6.45, 7) is 0.639. The monoisotopic (exact) mass is 286 g/mol. The van der Waals surface area contributed by atoms with Crippen molar-refractivity contribution in [2.75, 3.05) is 25.5 Å². The molecule has 2 N–H and O–H groups in total. The van der Waals surface area contributed by atoms with E-state index in [4.69, 9.17) is 0 Å². The fraction of sp³-hybridized carbons (Fsp3) is 0.375. The fourth-order valence-electron chi connectivity index (χ4n) is 2.07. The summed E-state index contributed by atoms with van der Waals surface area (Å²) in [5.74, 6) is 0.0891. The summed E-state index contributed by atoms with van der Waals surface area (Å²) in [7, 11) is 4.03. The number of amides is 1. The zero-order valence-corrected chi connectivity index (χ0v) is 12.6. The molecule has 5 heteroatoms. The molecule has 0 saturated carbocycles. The number of aryl methyl sites for hydroxylation is 1. The molecule has 0 aliphatic carbocycles. The van der Waals surface area contributed by atoms with Crippen LogP contribution in [0.3, 0.4) is 0 Å². The Balaban J connectivity index is 1.68. The van der Waals surface area contributed by atoms with Crippen molar-refractivity contribution in [1.29, 1.82) is 0 Å². The van der Waals surface area contributed by atoms with Gasteiger partial charge in [-0.25, -0.2) is 4.98 Å². The SMILES string of the molecule is CN(C)c1ccc(CCC(=O)NCCc2cnc[nH]2)cc1. The Morgan fingerprint density at radius 1 is 1.24 bits per heavy atom. The molecule has 1 aromatic heterocycles. The second-order valence-corrected chi connectivity index (χ2v) is 5.24. The van der Waals surface area contributed by atoms with E-state index < -0.39 is 0 Å². The molecule has 0 atom stereocenters. The molecule has 21 heavy (non-hydrogen) atoms. The lowest BCUT2D eigenvalue weighted by Crippen LogP contribution is -2.25. The Hall–Kier alpha value is -2.30. The number of aromatic amines is 1. The van der Waals surface area contributed by atoms with Gasteiger partial charge in [0.1, 0.15) is 0 Å². The molecule has 1 heterocycles. The minimum absolute atomic E-state index is 0.0891. The van der Waals surface area contributed by atoms with Gasteiger partial charge in [-0.2, -0.15) is 0 Å². The van der Waals surface area contributed by atoms with Crippen LogP contribution in [0.25, 0.3) is 0 Å². The standard InChI is InChI=1S/C16H22N4O/c1-20(2)15-6-3-13(4-7-15)5-8-16(21)18-10-9-14-11-17-12-19-14/h3-4,6-7,11-12H,5,8-10H2,1-2H3,(H,17,19)(H,18,21). The average Bonchev–Trinajstić information content (AvgIpc) is 2.99. The van der Waals surface area contributed by atoms with E-state index in [9.17, 15) is 4.79 Å². The lowest BCUT2D eigenvalue weighted by molar-refractivity contribution is -0.121. The van der Waals surface area contributed by atoms with Gasteiger partial charge in [-0.05, 0) is 24.1 Å². The number of carbonyl (C=O) groups excluding carboxylic acids is 1. The van der Waals surface area contributed by atoms with Crippen LogP contribution < -0.4 is 10.2 Å². The Kier molecular flexibility index (Phi) is 5.37. The highest BCUT2D eigenvalue weighted by molar-refractivity contribution is 5.76. The van der Waals surface area contributed by atoms with Gasteiger partial charge in [-0.15, -0.1) is 0 Å². The number of nitrogens with one attached hydrogen (secondary N) is 2. The zero-order valence-electron chi connectivity index (χ0n) is 12.6. The molecule has 112 valence electrons. The summed E-state index contributed by atoms with van der Waals surface area (Å²) >= 11 is 0. The summed E-state index contributed by atoms with van der Waals surface area (Å²) < 4.78 is 0. The number of carbonyl (C=O) groups is 1. The van der Waals surface area contributed by atoms with Crippen molar-refractivity contribution in [2.24, 2.45) is 0 Å². The van der Waals surface area contributed by atoms with Crippen LogP contribution >= 0.6 is 0 Å². The van der Waals surface area contributed by atoms with Gasteiger partial charge in [0, 0.05) is 51.1 Å². The maximum absolute atomic E-state index is 11.8. The van der Waals surface area contributed by atoms with E-state index in [1.807, 2.05) is 14.1 Å². The van der Waals surface area contributed by atoms with Crippen LogP contribution in [-0.4, -0.2) is 36.5 Å². The van der Waals surface area contributed by atoms with Crippen molar-refractivity contribution in [3.8, 4) is 0 Å². The van der Waals surface area contributed by atoms with Crippen molar-refractivity contribution in [1.82, 2.24) is 15.3 Å². The molecule has 1 amide bonds. The van der Waals surface area contributed by atoms with Crippen molar-refractivity contribution in [2.45, 2.75) is 19.3 Å². The number of nitrogens with zero attached hydrogens (tertiary/aromatic N) is 2. The first-order chi connectivity index (χ1) is 10.1. The lowest BCUT2D eigenvalue weighted by Gasteiger charge is -2.12. The summed E-state index contributed by atoms with van der Waals surface area (Å²) in [5.41, 5.74) is 3.39. The number of benzene rings is 1. The third kappa shape index (κ3) is 4.95. The zero-order chi connectivity index (χ0) is 15.1. The summed E-state index contributed by atoms with van der Waals surface area (Å²) in [4.78, 5) is 20.8. The number of anilines is 1. The second kappa shape index (κ2) is 7.47. The number of hydrogen-bond donors (Lipinski definition) is 2. The van der Waals surface area contributed by atoms with Gasteiger partial charge in [-0.3, -0.25) is 4.79 Å². The molecular weight excluding hydrogens is 264 g/mol. The van der Waals surface area contributed by atoms with E-state index >= 15 is 0 Å². The van der Waals surface area contributed by atoms with Gasteiger partial charge in [0.2, 0.25) is 5.91 Å². The molecule has 0 spiro atoms. The molecule has 0 bridgehead atoms. The van der Waals surface area contributed by atoms with Crippen LogP contribution in [0.5, 0.6) is 0 Å². The third-order valence-electron chi connectivity index (χ3n) is 3.36. The molecule has 0 fully saturated rings. The maximum Gasteiger partial charge on any atom is 0.220 e. The second-order valence-electron chi connectivity index (χ2n) is 5.24. The first kappa shape index (κ1) is 15.1. The normalized spacial score (nSPS) is 10.4. The minimum Gasteiger partial charge on any atom is -0.378 e. The molecule has 5 nitrogen and oxygen atoms in total. The lowest BCUT2D eigenvalue weighted by atomic mass is 10.1. The van der Waals surface area contributed by atoms with E-state index in [-0.39, 0.29) is 5.91 Å². The van der Waals surface area contributed by atoms with E-state index in [1.165, 1.54) is 11.3 Å². The molecule has 2 rings (SSSR count). The first-order valence-electron chi connectivity index (χ1n) is 7.15. The van der Waals surface area contributed by atoms with Gasteiger partial charge in [0.05, 0.1) is 6.33 Å². The fourth-order valence-corrected chi connectivity index (χ4v) is 2.07. The number of hydrogen-bond acceptors (Lipinski definition) is 3. The largest absolute Gasteiger partial charge is 0.378 e. The van der Waals surface area contributed by atoms with Crippen LogP contribution in [0.4, 0.5) is 5.69 Å². The van der Waals surface area contributed by atoms with Crippen LogP contribution in [0.2, 0.25) is 0 Å². The third-order valence-corrected chi connectivity index (χ3v) is 3.36. The van der Waals surface area contributed by atoms with E-state index in [2.05, 4.69) is 44.5 Å². The molecule has 0 unspecified atom stereocenters. The van der Waals surface area contributed by atoms with Crippen LogP contribution in [0.15, 0.2) is 36.8 Å². The van der Waals surface area contributed by atoms with Crippen LogP contribution in [0, 0.1) is 0 Å². The smallest absolute Gasteiger partial charge is 0.220 e. The van der Waals surface area contributed by atoms with Gasteiger partial charge in [0.25, 0.3) is 0 Å². The quantitative estimate of drug-likeness (QED) is 0.815. The highest BCUT2D eigenvalue weighted by Gasteiger charge is 2.03. The van der Waals surface area contributed by atoms with Crippen molar-refractivity contribution < 1.29 is 4.79 Å². The highest BCUT2D eigenvalue weighted by Crippen LogP contribution is 2.13. The highest BCUT2D eigenvalue weighted by atomic mass is 16.1. The predicted octanol–water partition coefficient (Wildman–Crippen LogP) is 1.77. The maximum atomic E-state index is 11.8. The molecule has 0 saturated heterocycles. The first-order valence-corrected chi connectivity index (χ1v) is 7.15. The van der Waals surface area contributed by atoms with Crippen LogP contribution in [0.1, 0.15) is 17.7 Å². The Labute approximate surface area is 125 Å². The topological polar surface area (TPSA) is 61.0 Å². The molecule has 1 aromatic carbocycles. The van der Waals surface area contributed by atoms with Gasteiger partial charge in [-0.1, -0.05) is 12.1 Å². The molecule has 2 aromatic rings. The molecule has 0 aliphatic heterocycles. The van der Waals surface area contributed by atoms with Crippen molar-refractivity contribution >= 4 is 11.6 Å². The Bertz CT molecular complexity index is 546. The van der Waals surface area contributed by atoms with Crippen LogP contribution in [-0.2, 0) is 17.6 Å². The number of aromatic nitrogens is 2.